The van der Waals surface area contributed by atoms with Crippen molar-refractivity contribution in [1.82, 2.24) is 5.32 Å². The highest BCUT2D eigenvalue weighted by atomic mass is 79.9. The molecular weight excluding hydrogens is 316 g/mol. The molecule has 1 heterocycles. The summed E-state index contributed by atoms with van der Waals surface area (Å²) in [5.74, 6) is 0. The summed E-state index contributed by atoms with van der Waals surface area (Å²) in [6, 6.07) is 7.98. The number of hydrogen-bond acceptors (Lipinski definition) is 3. The van der Waals surface area contributed by atoms with Crippen LogP contribution in [0.2, 0.25) is 0 Å². The molecule has 1 aromatic carbocycles. The van der Waals surface area contributed by atoms with Crippen molar-refractivity contribution in [2.45, 2.75) is 44.3 Å². The van der Waals surface area contributed by atoms with Crippen molar-refractivity contribution in [2.24, 2.45) is 0 Å². The number of ether oxygens (including phenoxy) is 1. The molecule has 3 rings (SSSR count). The van der Waals surface area contributed by atoms with Gasteiger partial charge in [-0.15, -0.1) is 0 Å². The van der Waals surface area contributed by atoms with E-state index in [1.54, 1.807) is 0 Å². The monoisotopic (exact) mass is 338 g/mol. The molecule has 4 heteroatoms. The first-order valence-electron chi connectivity index (χ1n) is 7.56. The molecule has 1 aliphatic heterocycles. The molecule has 0 radical (unpaired) electrons. The SMILES string of the molecule is CN(c1cc(Br)ccc1CNC1CC1)C1CCOCC1. The number of benzene rings is 1. The Labute approximate surface area is 129 Å². The lowest BCUT2D eigenvalue weighted by atomic mass is 10.0. The van der Waals surface area contributed by atoms with Gasteiger partial charge in [-0.05, 0) is 43.4 Å². The summed E-state index contributed by atoms with van der Waals surface area (Å²) in [4.78, 5) is 2.44. The van der Waals surface area contributed by atoms with Crippen LogP contribution in [0.5, 0.6) is 0 Å². The van der Waals surface area contributed by atoms with E-state index < -0.39 is 0 Å². The highest BCUT2D eigenvalue weighted by Gasteiger charge is 2.23. The summed E-state index contributed by atoms with van der Waals surface area (Å²) in [6.07, 6.45) is 4.92. The van der Waals surface area contributed by atoms with Gasteiger partial charge in [-0.2, -0.15) is 0 Å². The van der Waals surface area contributed by atoms with E-state index in [2.05, 4.69) is 51.4 Å². The lowest BCUT2D eigenvalue weighted by Crippen LogP contribution is -2.37. The summed E-state index contributed by atoms with van der Waals surface area (Å²) in [6.45, 7) is 2.75. The predicted molar refractivity (Wildman–Crippen MR) is 86.2 cm³/mol. The molecule has 110 valence electrons. The third-order valence-electron chi connectivity index (χ3n) is 4.32. The second-order valence-electron chi connectivity index (χ2n) is 5.88. The number of nitrogens with one attached hydrogen (secondary N) is 1. The van der Waals surface area contributed by atoms with Gasteiger partial charge in [0.1, 0.15) is 0 Å². The molecule has 20 heavy (non-hydrogen) atoms. The van der Waals surface area contributed by atoms with Crippen LogP contribution < -0.4 is 10.2 Å². The molecule has 1 aromatic rings. The van der Waals surface area contributed by atoms with Crippen molar-refractivity contribution in [2.75, 3.05) is 25.2 Å². The summed E-state index contributed by atoms with van der Waals surface area (Å²) in [5.41, 5.74) is 2.74. The second kappa shape index (κ2) is 6.46. The minimum Gasteiger partial charge on any atom is -0.381 e. The molecule has 1 saturated heterocycles. The van der Waals surface area contributed by atoms with Gasteiger partial charge in [0.15, 0.2) is 0 Å². The summed E-state index contributed by atoms with van der Waals surface area (Å²) in [5, 5.41) is 3.62. The van der Waals surface area contributed by atoms with E-state index >= 15 is 0 Å². The molecule has 1 aliphatic carbocycles. The Hall–Kier alpha value is -0.580. The van der Waals surface area contributed by atoms with Gasteiger partial charge in [0.25, 0.3) is 0 Å². The normalized spacial score (nSPS) is 20.1. The Morgan fingerprint density at radius 3 is 2.70 bits per heavy atom. The van der Waals surface area contributed by atoms with Crippen molar-refractivity contribution in [1.29, 1.82) is 0 Å². The van der Waals surface area contributed by atoms with Crippen LogP contribution in [0.15, 0.2) is 22.7 Å². The van der Waals surface area contributed by atoms with Gasteiger partial charge < -0.3 is 15.0 Å². The maximum atomic E-state index is 5.48. The quantitative estimate of drug-likeness (QED) is 0.891. The van der Waals surface area contributed by atoms with Crippen LogP contribution in [0.4, 0.5) is 5.69 Å². The van der Waals surface area contributed by atoms with Crippen molar-refractivity contribution >= 4 is 21.6 Å². The highest BCUT2D eigenvalue weighted by Crippen LogP contribution is 2.29. The van der Waals surface area contributed by atoms with E-state index in [0.717, 1.165) is 43.1 Å². The van der Waals surface area contributed by atoms with Crippen molar-refractivity contribution in [3.8, 4) is 0 Å². The molecule has 0 amide bonds. The molecule has 1 saturated carbocycles. The minimum absolute atomic E-state index is 0.595. The van der Waals surface area contributed by atoms with Crippen molar-refractivity contribution < 1.29 is 4.74 Å². The minimum atomic E-state index is 0.595. The summed E-state index contributed by atoms with van der Waals surface area (Å²) >= 11 is 3.61. The molecule has 0 spiro atoms. The van der Waals surface area contributed by atoms with Crippen LogP contribution in [0.1, 0.15) is 31.2 Å². The molecule has 1 N–H and O–H groups in total. The molecule has 2 fully saturated rings. The van der Waals surface area contributed by atoms with E-state index in [4.69, 9.17) is 4.74 Å². The van der Waals surface area contributed by atoms with E-state index in [0.29, 0.717) is 6.04 Å². The third-order valence-corrected chi connectivity index (χ3v) is 4.82. The van der Waals surface area contributed by atoms with Gasteiger partial charge in [-0.1, -0.05) is 22.0 Å². The van der Waals surface area contributed by atoms with Gasteiger partial charge in [0, 0.05) is 49.0 Å². The number of hydrogen-bond donors (Lipinski definition) is 1. The van der Waals surface area contributed by atoms with Gasteiger partial charge in [-0.25, -0.2) is 0 Å². The molecule has 0 bridgehead atoms. The Morgan fingerprint density at radius 1 is 1.25 bits per heavy atom. The number of halogens is 1. The van der Waals surface area contributed by atoms with E-state index in [9.17, 15) is 0 Å². The Morgan fingerprint density at radius 2 is 2.00 bits per heavy atom. The fraction of sp³-hybridized carbons (Fsp3) is 0.625. The summed E-state index contributed by atoms with van der Waals surface area (Å²) < 4.78 is 6.63. The molecule has 3 nitrogen and oxygen atoms in total. The van der Waals surface area contributed by atoms with E-state index in [1.165, 1.54) is 24.1 Å². The average Bonchev–Trinajstić information content (AvgIpc) is 3.30. The van der Waals surface area contributed by atoms with Gasteiger partial charge in [0.05, 0.1) is 0 Å². The number of rotatable bonds is 5. The Kier molecular flexibility index (Phi) is 4.64. The largest absolute Gasteiger partial charge is 0.381 e. The molecule has 0 unspecified atom stereocenters. The Balaban J connectivity index is 1.75. The fourth-order valence-electron chi connectivity index (χ4n) is 2.83. The van der Waals surface area contributed by atoms with Gasteiger partial charge in [-0.3, -0.25) is 0 Å². The Bertz CT molecular complexity index is 456. The van der Waals surface area contributed by atoms with Crippen LogP contribution >= 0.6 is 15.9 Å². The maximum Gasteiger partial charge on any atom is 0.0485 e. The maximum absolute atomic E-state index is 5.48. The second-order valence-corrected chi connectivity index (χ2v) is 6.80. The fourth-order valence-corrected chi connectivity index (χ4v) is 3.17. The lowest BCUT2D eigenvalue weighted by Gasteiger charge is -2.34. The first kappa shape index (κ1) is 14.4. The number of nitrogens with zero attached hydrogens (tertiary/aromatic N) is 1. The van der Waals surface area contributed by atoms with Crippen LogP contribution in [0.25, 0.3) is 0 Å². The van der Waals surface area contributed by atoms with Crippen LogP contribution in [0, 0.1) is 0 Å². The van der Waals surface area contributed by atoms with E-state index in [-0.39, 0.29) is 0 Å². The van der Waals surface area contributed by atoms with Crippen LogP contribution in [0.3, 0.4) is 0 Å². The molecule has 2 aliphatic rings. The van der Waals surface area contributed by atoms with Crippen molar-refractivity contribution in [3.63, 3.8) is 0 Å². The highest BCUT2D eigenvalue weighted by molar-refractivity contribution is 9.10. The first-order valence-corrected chi connectivity index (χ1v) is 8.36. The molecular formula is C16H23BrN2O. The molecule has 0 aromatic heterocycles. The van der Waals surface area contributed by atoms with Crippen LogP contribution in [-0.4, -0.2) is 32.3 Å². The zero-order valence-corrected chi connectivity index (χ0v) is 13.7. The standard InChI is InChI=1S/C16H23BrN2O/c1-19(15-6-8-20-9-7-15)16-10-13(17)3-2-12(16)11-18-14-4-5-14/h2-3,10,14-15,18H,4-9,11H2,1H3. The predicted octanol–water partition coefficient (Wildman–Crippen LogP) is 3.32. The van der Waals surface area contributed by atoms with Gasteiger partial charge >= 0.3 is 0 Å². The number of anilines is 1. The smallest absolute Gasteiger partial charge is 0.0485 e. The van der Waals surface area contributed by atoms with E-state index in [1.807, 2.05) is 0 Å². The topological polar surface area (TPSA) is 24.5 Å². The molecule has 0 atom stereocenters. The van der Waals surface area contributed by atoms with Gasteiger partial charge in [0.2, 0.25) is 0 Å². The lowest BCUT2D eigenvalue weighted by molar-refractivity contribution is 0.0854. The van der Waals surface area contributed by atoms with Crippen molar-refractivity contribution in [3.05, 3.63) is 28.2 Å². The third kappa shape index (κ3) is 3.54. The zero-order valence-electron chi connectivity index (χ0n) is 12.1. The average molecular weight is 339 g/mol. The first-order chi connectivity index (χ1) is 9.74. The zero-order chi connectivity index (χ0) is 13.9. The van der Waals surface area contributed by atoms with Crippen LogP contribution in [-0.2, 0) is 11.3 Å². The summed E-state index contributed by atoms with van der Waals surface area (Å²) in [7, 11) is 2.22.